The van der Waals surface area contributed by atoms with Gasteiger partial charge in [-0.3, -0.25) is 19.3 Å². The van der Waals surface area contributed by atoms with Gasteiger partial charge in [0.05, 0.1) is 15.5 Å². The van der Waals surface area contributed by atoms with Crippen LogP contribution in [0.3, 0.4) is 0 Å². The predicted octanol–water partition coefficient (Wildman–Crippen LogP) is 5.94. The first-order chi connectivity index (χ1) is 16.6. The number of imide groups is 1. The zero-order valence-corrected chi connectivity index (χ0v) is 20.3. The molecule has 0 spiro atoms. The first-order valence-electron chi connectivity index (χ1n) is 10.1. The number of anilines is 1. The Bertz CT molecular complexity index is 1410. The molecule has 1 saturated heterocycles. The van der Waals surface area contributed by atoms with Gasteiger partial charge < -0.3 is 14.8 Å². The lowest BCUT2D eigenvalue weighted by molar-refractivity contribution is -0.127. The number of benzene rings is 2. The molecule has 0 radical (unpaired) electrons. The van der Waals surface area contributed by atoms with Crippen molar-refractivity contribution in [3.05, 3.63) is 80.4 Å². The maximum atomic E-state index is 12.7. The van der Waals surface area contributed by atoms with E-state index in [1.165, 1.54) is 18.2 Å². The molecule has 1 aromatic heterocycles. The highest BCUT2D eigenvalue weighted by molar-refractivity contribution is 8.18. The molecule has 3 amide bonds. The molecule has 2 aromatic carbocycles. The number of nitrogens with zero attached hydrogens (tertiary/aromatic N) is 1. The molecule has 1 aliphatic heterocycles. The van der Waals surface area contributed by atoms with E-state index in [1.54, 1.807) is 36.4 Å². The Balaban J connectivity index is 1.47. The summed E-state index contributed by atoms with van der Waals surface area (Å²) in [6, 6.07) is 12.6. The quantitative estimate of drug-likeness (QED) is 0.379. The van der Waals surface area contributed by atoms with Crippen LogP contribution in [0, 0.1) is 6.92 Å². The van der Waals surface area contributed by atoms with E-state index in [4.69, 9.17) is 27.6 Å². The summed E-state index contributed by atoms with van der Waals surface area (Å²) < 4.78 is 5.71. The van der Waals surface area contributed by atoms with Crippen LogP contribution in [-0.4, -0.2) is 39.6 Å². The number of carbonyl (C=O) groups is 4. The van der Waals surface area contributed by atoms with Gasteiger partial charge in [0.2, 0.25) is 5.91 Å². The average Bonchev–Trinajstić information content (AvgIpc) is 3.37. The summed E-state index contributed by atoms with van der Waals surface area (Å²) in [5, 5.41) is 11.8. The van der Waals surface area contributed by atoms with Crippen LogP contribution in [0.25, 0.3) is 17.4 Å². The van der Waals surface area contributed by atoms with Crippen LogP contribution in [0.5, 0.6) is 0 Å². The number of amides is 3. The van der Waals surface area contributed by atoms with E-state index in [-0.39, 0.29) is 21.3 Å². The summed E-state index contributed by atoms with van der Waals surface area (Å²) in [6.07, 6.45) is 1.39. The molecule has 0 bridgehead atoms. The Hall–Kier alpha value is -3.53. The van der Waals surface area contributed by atoms with Crippen LogP contribution in [0.15, 0.2) is 57.9 Å². The van der Waals surface area contributed by atoms with Crippen LogP contribution in [0.2, 0.25) is 10.0 Å². The lowest BCUT2D eigenvalue weighted by Crippen LogP contribution is -2.36. The van der Waals surface area contributed by atoms with Crippen LogP contribution in [0.1, 0.15) is 21.7 Å². The van der Waals surface area contributed by atoms with Gasteiger partial charge in [0.1, 0.15) is 18.1 Å². The number of carboxylic acid groups (broad SMARTS) is 1. The van der Waals surface area contributed by atoms with E-state index in [1.807, 2.05) is 6.92 Å². The second-order valence-corrected chi connectivity index (χ2v) is 9.29. The highest BCUT2D eigenvalue weighted by Gasteiger charge is 2.36. The Morgan fingerprint density at radius 1 is 1.09 bits per heavy atom. The van der Waals surface area contributed by atoms with E-state index in [2.05, 4.69) is 5.32 Å². The largest absolute Gasteiger partial charge is 0.478 e. The normalized spacial score (nSPS) is 14.6. The molecule has 2 heterocycles. The minimum atomic E-state index is -1.17. The number of aromatic carboxylic acids is 1. The number of rotatable bonds is 6. The number of aryl methyl sites for hydroxylation is 1. The standard InChI is InChI=1S/C24H16Cl2N2O6S/c1-12-2-4-14(9-18(12)26)27-21(29)11-28-22(30)20(35-24(28)33)10-15-5-7-19(34-15)13-3-6-17(25)16(8-13)23(31)32/h2-10H,11H2,1H3,(H,27,29)(H,31,32)/b20-10+. The molecule has 11 heteroatoms. The van der Waals surface area contributed by atoms with Crippen molar-refractivity contribution >= 4 is 69.8 Å². The van der Waals surface area contributed by atoms with Crippen molar-refractivity contribution in [3.63, 3.8) is 0 Å². The van der Waals surface area contributed by atoms with Crippen molar-refractivity contribution < 1.29 is 28.7 Å². The van der Waals surface area contributed by atoms with Gasteiger partial charge in [-0.1, -0.05) is 29.3 Å². The number of carbonyl (C=O) groups excluding carboxylic acids is 3. The molecule has 0 saturated carbocycles. The van der Waals surface area contributed by atoms with Gasteiger partial charge in [0.15, 0.2) is 0 Å². The van der Waals surface area contributed by atoms with E-state index in [0.29, 0.717) is 33.8 Å². The van der Waals surface area contributed by atoms with Crippen molar-refractivity contribution in [1.29, 1.82) is 0 Å². The van der Waals surface area contributed by atoms with E-state index < -0.39 is 29.6 Å². The first kappa shape index (κ1) is 24.6. The maximum Gasteiger partial charge on any atom is 0.337 e. The summed E-state index contributed by atoms with van der Waals surface area (Å²) in [7, 11) is 0. The molecular formula is C24H16Cl2N2O6S. The zero-order chi connectivity index (χ0) is 25.3. The van der Waals surface area contributed by atoms with Crippen molar-refractivity contribution in [1.82, 2.24) is 4.90 Å². The minimum absolute atomic E-state index is 0.0746. The monoisotopic (exact) mass is 530 g/mol. The van der Waals surface area contributed by atoms with Crippen LogP contribution < -0.4 is 5.32 Å². The van der Waals surface area contributed by atoms with Gasteiger partial charge in [0, 0.05) is 22.3 Å². The molecule has 4 rings (SSSR count). The third kappa shape index (κ3) is 5.43. The third-order valence-corrected chi connectivity index (χ3v) is 6.66. The van der Waals surface area contributed by atoms with Gasteiger partial charge >= 0.3 is 5.97 Å². The maximum absolute atomic E-state index is 12.7. The van der Waals surface area contributed by atoms with Gasteiger partial charge in [-0.25, -0.2) is 4.79 Å². The topological polar surface area (TPSA) is 117 Å². The SMILES string of the molecule is Cc1ccc(NC(=O)CN2C(=O)S/C(=C/c3ccc(-c4ccc(Cl)c(C(=O)O)c4)o3)C2=O)cc1Cl. The Morgan fingerprint density at radius 3 is 2.57 bits per heavy atom. The van der Waals surface area contributed by atoms with Gasteiger partial charge in [-0.2, -0.15) is 0 Å². The summed E-state index contributed by atoms with van der Waals surface area (Å²) >= 11 is 12.6. The average molecular weight is 531 g/mol. The third-order valence-electron chi connectivity index (χ3n) is 5.01. The summed E-state index contributed by atoms with van der Waals surface area (Å²) in [4.78, 5) is 49.7. The van der Waals surface area contributed by atoms with Crippen LogP contribution in [-0.2, 0) is 9.59 Å². The summed E-state index contributed by atoms with van der Waals surface area (Å²) in [5.41, 5.74) is 1.70. The fraction of sp³-hybridized carbons (Fsp3) is 0.0833. The molecule has 0 unspecified atom stereocenters. The minimum Gasteiger partial charge on any atom is -0.478 e. The smallest absolute Gasteiger partial charge is 0.337 e. The predicted molar refractivity (Wildman–Crippen MR) is 134 cm³/mol. The molecule has 2 N–H and O–H groups in total. The molecule has 178 valence electrons. The van der Waals surface area contributed by atoms with Crippen LogP contribution in [0.4, 0.5) is 10.5 Å². The lowest BCUT2D eigenvalue weighted by atomic mass is 10.1. The zero-order valence-electron chi connectivity index (χ0n) is 18.0. The van der Waals surface area contributed by atoms with Gasteiger partial charge in [0.25, 0.3) is 11.1 Å². The number of nitrogens with one attached hydrogen (secondary N) is 1. The number of carboxylic acids is 1. The Labute approximate surface area is 213 Å². The van der Waals surface area contributed by atoms with Crippen molar-refractivity contribution in [2.45, 2.75) is 6.92 Å². The van der Waals surface area contributed by atoms with Crippen LogP contribution >= 0.6 is 35.0 Å². The molecular weight excluding hydrogens is 515 g/mol. The number of thioether (sulfide) groups is 1. The van der Waals surface area contributed by atoms with Crippen molar-refractivity contribution in [2.75, 3.05) is 11.9 Å². The van der Waals surface area contributed by atoms with Crippen molar-refractivity contribution in [2.24, 2.45) is 0 Å². The second kappa shape index (κ2) is 9.99. The number of hydrogen-bond acceptors (Lipinski definition) is 6. The number of furan rings is 1. The Kier molecular flexibility index (Phi) is 7.02. The first-order valence-corrected chi connectivity index (χ1v) is 11.6. The lowest BCUT2D eigenvalue weighted by Gasteiger charge is -2.12. The fourth-order valence-electron chi connectivity index (χ4n) is 3.21. The number of halogens is 2. The molecule has 3 aromatic rings. The van der Waals surface area contributed by atoms with E-state index >= 15 is 0 Å². The van der Waals surface area contributed by atoms with Gasteiger partial charge in [-0.05, 0) is 66.7 Å². The molecule has 8 nitrogen and oxygen atoms in total. The van der Waals surface area contributed by atoms with E-state index in [9.17, 15) is 24.3 Å². The Morgan fingerprint density at radius 2 is 1.86 bits per heavy atom. The fourth-order valence-corrected chi connectivity index (χ4v) is 4.41. The van der Waals surface area contributed by atoms with E-state index in [0.717, 1.165) is 10.5 Å². The molecule has 35 heavy (non-hydrogen) atoms. The second-order valence-electron chi connectivity index (χ2n) is 7.48. The van der Waals surface area contributed by atoms with Gasteiger partial charge in [-0.15, -0.1) is 0 Å². The molecule has 0 atom stereocenters. The summed E-state index contributed by atoms with van der Waals surface area (Å²) in [6.45, 7) is 1.37. The van der Waals surface area contributed by atoms with Crippen molar-refractivity contribution in [3.8, 4) is 11.3 Å². The molecule has 1 fully saturated rings. The number of hydrogen-bond donors (Lipinski definition) is 2. The summed E-state index contributed by atoms with van der Waals surface area (Å²) in [5.74, 6) is -1.73. The highest BCUT2D eigenvalue weighted by Crippen LogP contribution is 2.34. The highest BCUT2D eigenvalue weighted by atomic mass is 35.5. The molecule has 0 aliphatic carbocycles. The molecule has 1 aliphatic rings.